The van der Waals surface area contributed by atoms with E-state index in [9.17, 15) is 15.4 Å². The van der Waals surface area contributed by atoms with Crippen LogP contribution in [0.4, 0.5) is 0 Å². The molecule has 0 aliphatic rings. The Kier molecular flexibility index (Phi) is 8.12. The Labute approximate surface area is 290 Å². The van der Waals surface area contributed by atoms with Crippen LogP contribution in [0.2, 0.25) is 0 Å². The quantitative estimate of drug-likeness (QED) is 0.171. The third-order valence-corrected chi connectivity index (χ3v) is 17.9. The average molecular weight is 691 g/mol. The highest BCUT2D eigenvalue weighted by atomic mass is 31.2. The molecule has 7 aromatic carbocycles. The molecule has 8 rings (SSSR count). The molecule has 0 amide bonds. The minimum absolute atomic E-state index is 0.107. The molecule has 0 aliphatic heterocycles. The van der Waals surface area contributed by atoms with Gasteiger partial charge in [-0.2, -0.15) is 0 Å². The van der Waals surface area contributed by atoms with E-state index in [1.165, 1.54) is 0 Å². The fourth-order valence-electron chi connectivity index (χ4n) is 7.27. The van der Waals surface area contributed by atoms with Gasteiger partial charge in [-0.25, -0.2) is 0 Å². The van der Waals surface area contributed by atoms with E-state index < -0.39 is 14.5 Å². The number of aromatic hydroxyl groups is 2. The van der Waals surface area contributed by atoms with Gasteiger partial charge in [-0.3, -0.25) is 4.63 Å². The fraction of sp³-hybridized carbons (Fsp3) is 0. The molecule has 0 fully saturated rings. The minimum atomic E-state index is -3.16. The standard InChI is InChI=1S/C42H30N2O4P2/c45-39-38-37(43-48-44(38)47)41(49(31-19-7-1-8-20-31,32-21-9-2-10-22-32)33-23-11-3-12-24-33)40(46)42(39)50(34-25-13-4-14-26-34,35-27-15-5-16-28-35)36-29-17-6-18-30-36/h1-30H/p+2. The maximum absolute atomic E-state index is 13.8. The van der Waals surface area contributed by atoms with E-state index >= 15 is 0 Å². The predicted octanol–water partition coefficient (Wildman–Crippen LogP) is 5.11. The Morgan fingerprint density at radius 2 is 0.700 bits per heavy atom. The Bertz CT molecular complexity index is 2200. The van der Waals surface area contributed by atoms with E-state index in [0.29, 0.717) is 5.30 Å². The van der Waals surface area contributed by atoms with E-state index in [-0.39, 0.29) is 32.7 Å². The van der Waals surface area contributed by atoms with Crippen molar-refractivity contribution in [2.24, 2.45) is 0 Å². The van der Waals surface area contributed by atoms with E-state index in [0.717, 1.165) is 31.8 Å². The van der Waals surface area contributed by atoms with Crippen molar-refractivity contribution in [1.29, 1.82) is 0 Å². The van der Waals surface area contributed by atoms with Gasteiger partial charge in [-0.05, 0) is 77.7 Å². The van der Waals surface area contributed by atoms with Crippen LogP contribution in [0.3, 0.4) is 0 Å². The van der Waals surface area contributed by atoms with Gasteiger partial charge < -0.3 is 15.4 Å². The fourth-order valence-corrected chi connectivity index (χ4v) is 16.2. The van der Waals surface area contributed by atoms with E-state index in [1.807, 2.05) is 146 Å². The van der Waals surface area contributed by atoms with Crippen LogP contribution in [0.5, 0.6) is 11.5 Å². The smallest absolute Gasteiger partial charge is 0.299 e. The molecule has 0 unspecified atom stereocenters. The molecule has 0 aliphatic carbocycles. The van der Waals surface area contributed by atoms with Crippen LogP contribution in [-0.4, -0.2) is 15.4 Å². The molecule has 6 nitrogen and oxygen atoms in total. The first-order chi connectivity index (χ1) is 24.6. The van der Waals surface area contributed by atoms with Gasteiger partial charge in [0.2, 0.25) is 22.1 Å². The number of rotatable bonds is 8. The van der Waals surface area contributed by atoms with Crippen molar-refractivity contribution in [3.8, 4) is 11.5 Å². The van der Waals surface area contributed by atoms with Gasteiger partial charge in [-0.15, -0.1) is 0 Å². The van der Waals surface area contributed by atoms with Gasteiger partial charge >= 0.3 is 0 Å². The van der Waals surface area contributed by atoms with Crippen LogP contribution < -0.4 is 47.3 Å². The summed E-state index contributed by atoms with van der Waals surface area (Å²) in [6.45, 7) is 0. The van der Waals surface area contributed by atoms with Crippen molar-refractivity contribution in [3.63, 3.8) is 0 Å². The summed E-state index contributed by atoms with van der Waals surface area (Å²) in [6.07, 6.45) is 0. The molecule has 1 heterocycles. The number of hydrogen-bond donors (Lipinski definition) is 2. The summed E-state index contributed by atoms with van der Waals surface area (Å²) in [4.78, 5) is 0.266. The second kappa shape index (κ2) is 12.9. The van der Waals surface area contributed by atoms with Gasteiger partial charge in [0, 0.05) is 0 Å². The number of fused-ring (bicyclic) bond motifs is 1. The molecule has 0 spiro atoms. The van der Waals surface area contributed by atoms with Crippen LogP contribution >= 0.6 is 14.5 Å². The molecular formula is C42H32N2O4P2+2. The van der Waals surface area contributed by atoms with Gasteiger partial charge in [0.15, 0.2) is 14.5 Å². The van der Waals surface area contributed by atoms with Crippen molar-refractivity contribution < 1.29 is 19.7 Å². The zero-order valence-electron chi connectivity index (χ0n) is 26.8. The lowest BCUT2D eigenvalue weighted by molar-refractivity contribution is -0.782. The summed E-state index contributed by atoms with van der Waals surface area (Å²) in [5.41, 5.74) is -0.0249. The van der Waals surface area contributed by atoms with Gasteiger partial charge in [-0.1, -0.05) is 109 Å². The maximum Gasteiger partial charge on any atom is 0.299 e. The van der Waals surface area contributed by atoms with Crippen molar-refractivity contribution in [2.75, 3.05) is 0 Å². The second-order valence-electron chi connectivity index (χ2n) is 11.9. The largest absolute Gasteiger partial charge is 0.501 e. The lowest BCUT2D eigenvalue weighted by atomic mass is 10.2. The third kappa shape index (κ3) is 4.72. The average Bonchev–Trinajstić information content (AvgIpc) is 3.58. The Balaban J connectivity index is 1.66. The van der Waals surface area contributed by atoms with Crippen LogP contribution in [0.15, 0.2) is 187 Å². The Hall–Kier alpha value is -5.80. The van der Waals surface area contributed by atoms with Crippen molar-refractivity contribution in [3.05, 3.63) is 187 Å². The van der Waals surface area contributed by atoms with Crippen molar-refractivity contribution >= 4 is 68.0 Å². The molecule has 0 saturated carbocycles. The molecule has 8 heteroatoms. The van der Waals surface area contributed by atoms with Crippen LogP contribution in [0, 0.1) is 5.21 Å². The normalized spacial score (nSPS) is 11.8. The summed E-state index contributed by atoms with van der Waals surface area (Å²) in [5, 5.41) is 50.3. The Morgan fingerprint density at radius 3 is 1.00 bits per heavy atom. The second-order valence-corrected chi connectivity index (χ2v) is 18.6. The number of phenols is 2. The van der Waals surface area contributed by atoms with E-state index in [2.05, 4.69) is 41.6 Å². The topological polar surface area (TPSA) is 93.4 Å². The summed E-state index contributed by atoms with van der Waals surface area (Å²) < 4.78 is 5.35. The first-order valence-electron chi connectivity index (χ1n) is 16.2. The number of nitrogens with zero attached hydrogens (tertiary/aromatic N) is 2. The van der Waals surface area contributed by atoms with E-state index in [1.54, 1.807) is 0 Å². The van der Waals surface area contributed by atoms with Gasteiger partial charge in [0.25, 0.3) is 11.0 Å². The van der Waals surface area contributed by atoms with Gasteiger partial charge in [0.1, 0.15) is 31.8 Å². The monoisotopic (exact) mass is 690 g/mol. The highest BCUT2D eigenvalue weighted by Crippen LogP contribution is 2.63. The number of hydrogen-bond acceptors (Lipinski definition) is 5. The molecule has 0 bridgehead atoms. The SMILES string of the molecule is [O-][n+]1onc2c([P+](c3ccccc3)(c3ccccc3)c3ccccc3)c(O)c([P+](c3ccccc3)(c3ccccc3)c3ccccc3)c(O)c21. The molecule has 1 aromatic heterocycles. The lowest BCUT2D eigenvalue weighted by Crippen LogP contribution is -2.44. The zero-order valence-corrected chi connectivity index (χ0v) is 28.6. The zero-order chi connectivity index (χ0) is 34.1. The number of aromatic nitrogens is 2. The molecular weight excluding hydrogens is 658 g/mol. The van der Waals surface area contributed by atoms with Crippen molar-refractivity contribution in [1.82, 2.24) is 5.16 Å². The number of phenolic OH excluding ortho intramolecular Hbond substituents is 2. The third-order valence-electron chi connectivity index (χ3n) is 9.27. The predicted molar refractivity (Wildman–Crippen MR) is 206 cm³/mol. The molecule has 50 heavy (non-hydrogen) atoms. The summed E-state index contributed by atoms with van der Waals surface area (Å²) in [7, 11) is -6.24. The molecule has 0 saturated heterocycles. The molecule has 242 valence electrons. The summed E-state index contributed by atoms with van der Waals surface area (Å²) in [6, 6.07) is 60.0. The van der Waals surface area contributed by atoms with Gasteiger partial charge in [0.05, 0.1) is 5.16 Å². The maximum atomic E-state index is 13.8. The minimum Gasteiger partial charge on any atom is -0.501 e. The summed E-state index contributed by atoms with van der Waals surface area (Å²) in [5.74, 6) is -0.492. The first kappa shape index (κ1) is 31.5. The number of benzene rings is 7. The molecule has 0 atom stereocenters. The first-order valence-corrected chi connectivity index (χ1v) is 19.8. The molecule has 0 radical (unpaired) electrons. The highest BCUT2D eigenvalue weighted by Gasteiger charge is 2.60. The van der Waals surface area contributed by atoms with Crippen molar-refractivity contribution in [2.45, 2.75) is 0 Å². The molecule has 8 aromatic rings. The Morgan fingerprint density at radius 1 is 0.420 bits per heavy atom. The molecule has 2 N–H and O–H groups in total. The highest BCUT2D eigenvalue weighted by molar-refractivity contribution is 8.03. The van der Waals surface area contributed by atoms with Crippen LogP contribution in [0.1, 0.15) is 0 Å². The summed E-state index contributed by atoms with van der Waals surface area (Å²) >= 11 is 0. The van der Waals surface area contributed by atoms with Crippen LogP contribution in [0.25, 0.3) is 11.0 Å². The van der Waals surface area contributed by atoms with E-state index in [4.69, 9.17) is 4.63 Å². The van der Waals surface area contributed by atoms with Crippen LogP contribution in [-0.2, 0) is 0 Å². The lowest BCUT2D eigenvalue weighted by Gasteiger charge is -2.31.